The molecular formula is C19H21N3O4S. The van der Waals surface area contributed by atoms with Crippen LogP contribution in [0, 0.1) is 6.92 Å². The van der Waals surface area contributed by atoms with E-state index in [1.165, 1.54) is 13.0 Å². The molecule has 1 aliphatic rings. The number of hydrogen-bond acceptors (Lipinski definition) is 5. The number of nitrogens with one attached hydrogen (secondary N) is 1. The number of anilines is 2. The van der Waals surface area contributed by atoms with Crippen molar-refractivity contribution in [3.8, 4) is 0 Å². The van der Waals surface area contributed by atoms with Crippen LogP contribution in [0.1, 0.15) is 24.5 Å². The van der Waals surface area contributed by atoms with E-state index in [1.54, 1.807) is 35.4 Å². The SMILES string of the molecule is CC(=O)N1CCc2cc(S(=O)(=O)CCC(=O)Nc3cc(C)ccn3)ccc21. The average Bonchev–Trinajstić information content (AvgIpc) is 3.03. The number of fused-ring (bicyclic) bond motifs is 1. The Hall–Kier alpha value is -2.74. The third-order valence-electron chi connectivity index (χ3n) is 4.47. The lowest BCUT2D eigenvalue weighted by Gasteiger charge is -2.15. The van der Waals surface area contributed by atoms with Gasteiger partial charge in [0.2, 0.25) is 11.8 Å². The van der Waals surface area contributed by atoms with E-state index in [9.17, 15) is 18.0 Å². The minimum atomic E-state index is -3.60. The van der Waals surface area contributed by atoms with Crippen molar-refractivity contribution in [2.24, 2.45) is 0 Å². The van der Waals surface area contributed by atoms with E-state index in [2.05, 4.69) is 10.3 Å². The van der Waals surface area contributed by atoms with Crippen molar-refractivity contribution in [1.82, 2.24) is 4.98 Å². The maximum absolute atomic E-state index is 12.6. The lowest BCUT2D eigenvalue weighted by molar-refractivity contribution is -0.117. The fourth-order valence-corrected chi connectivity index (χ4v) is 4.34. The largest absolute Gasteiger partial charge is 0.312 e. The Bertz CT molecular complexity index is 1000. The highest BCUT2D eigenvalue weighted by Gasteiger charge is 2.25. The summed E-state index contributed by atoms with van der Waals surface area (Å²) < 4.78 is 25.2. The number of amides is 2. The summed E-state index contributed by atoms with van der Waals surface area (Å²) in [4.78, 5) is 29.5. The average molecular weight is 387 g/mol. The van der Waals surface area contributed by atoms with Crippen LogP contribution in [0.15, 0.2) is 41.4 Å². The van der Waals surface area contributed by atoms with Crippen LogP contribution in [0.2, 0.25) is 0 Å². The summed E-state index contributed by atoms with van der Waals surface area (Å²) >= 11 is 0. The normalized spacial score (nSPS) is 13.3. The summed E-state index contributed by atoms with van der Waals surface area (Å²) in [7, 11) is -3.60. The molecule has 0 spiro atoms. The Labute approximate surface area is 158 Å². The van der Waals surface area contributed by atoms with Crippen molar-refractivity contribution < 1.29 is 18.0 Å². The second-order valence-electron chi connectivity index (χ2n) is 6.55. The number of benzene rings is 1. The van der Waals surface area contributed by atoms with Crippen LogP contribution in [0.4, 0.5) is 11.5 Å². The van der Waals surface area contributed by atoms with Gasteiger partial charge in [-0.05, 0) is 54.8 Å². The van der Waals surface area contributed by atoms with Crippen LogP contribution >= 0.6 is 0 Å². The predicted molar refractivity (Wildman–Crippen MR) is 102 cm³/mol. The molecule has 1 aliphatic heterocycles. The second-order valence-corrected chi connectivity index (χ2v) is 8.66. The zero-order valence-corrected chi connectivity index (χ0v) is 16.0. The summed E-state index contributed by atoms with van der Waals surface area (Å²) in [6.45, 7) is 3.92. The summed E-state index contributed by atoms with van der Waals surface area (Å²) in [5, 5.41) is 2.61. The lowest BCUT2D eigenvalue weighted by atomic mass is 10.2. The zero-order valence-electron chi connectivity index (χ0n) is 15.2. The molecular weight excluding hydrogens is 366 g/mol. The van der Waals surface area contributed by atoms with Gasteiger partial charge in [0, 0.05) is 31.8 Å². The summed E-state index contributed by atoms with van der Waals surface area (Å²) in [6, 6.07) is 8.28. The molecule has 0 fully saturated rings. The van der Waals surface area contributed by atoms with Crippen molar-refractivity contribution in [2.75, 3.05) is 22.5 Å². The quantitative estimate of drug-likeness (QED) is 0.847. The molecule has 1 aromatic carbocycles. The first kappa shape index (κ1) is 19.0. The number of hydrogen-bond donors (Lipinski definition) is 1. The molecule has 0 unspecified atom stereocenters. The molecule has 0 radical (unpaired) electrons. The predicted octanol–water partition coefficient (Wildman–Crippen LogP) is 2.10. The number of carbonyl (C=O) groups is 2. The number of rotatable bonds is 5. The number of nitrogens with zero attached hydrogens (tertiary/aromatic N) is 2. The second kappa shape index (κ2) is 7.48. The Morgan fingerprint density at radius 2 is 2.00 bits per heavy atom. The molecule has 0 saturated heterocycles. The van der Waals surface area contributed by atoms with Gasteiger partial charge in [0.25, 0.3) is 0 Å². The highest BCUT2D eigenvalue weighted by atomic mass is 32.2. The molecule has 1 aromatic heterocycles. The van der Waals surface area contributed by atoms with Gasteiger partial charge < -0.3 is 10.2 Å². The van der Waals surface area contributed by atoms with E-state index in [1.807, 2.05) is 6.92 Å². The van der Waals surface area contributed by atoms with Crippen LogP contribution in [0.5, 0.6) is 0 Å². The first-order chi connectivity index (χ1) is 12.8. The zero-order chi connectivity index (χ0) is 19.6. The van der Waals surface area contributed by atoms with Gasteiger partial charge in [0.05, 0.1) is 10.6 Å². The smallest absolute Gasteiger partial charge is 0.226 e. The number of aryl methyl sites for hydroxylation is 1. The molecule has 0 aliphatic carbocycles. The highest BCUT2D eigenvalue weighted by Crippen LogP contribution is 2.30. The van der Waals surface area contributed by atoms with Crippen LogP contribution in [-0.2, 0) is 25.8 Å². The molecule has 2 aromatic rings. The van der Waals surface area contributed by atoms with Crippen molar-refractivity contribution in [3.63, 3.8) is 0 Å². The van der Waals surface area contributed by atoms with Gasteiger partial charge in [-0.1, -0.05) is 0 Å². The number of pyridine rings is 1. The monoisotopic (exact) mass is 387 g/mol. The van der Waals surface area contributed by atoms with Crippen LogP contribution in [0.25, 0.3) is 0 Å². The molecule has 1 N–H and O–H groups in total. The molecule has 8 heteroatoms. The first-order valence-electron chi connectivity index (χ1n) is 8.62. The third-order valence-corrected chi connectivity index (χ3v) is 6.18. The summed E-state index contributed by atoms with van der Waals surface area (Å²) in [5.74, 6) is -0.356. The van der Waals surface area contributed by atoms with E-state index in [4.69, 9.17) is 0 Å². The number of carbonyl (C=O) groups excluding carboxylic acids is 2. The van der Waals surface area contributed by atoms with Crippen LogP contribution in [0.3, 0.4) is 0 Å². The Morgan fingerprint density at radius 1 is 1.22 bits per heavy atom. The van der Waals surface area contributed by atoms with Crippen molar-refractivity contribution in [2.45, 2.75) is 31.6 Å². The maximum atomic E-state index is 12.6. The van der Waals surface area contributed by atoms with Gasteiger partial charge in [-0.3, -0.25) is 9.59 Å². The van der Waals surface area contributed by atoms with Gasteiger partial charge in [-0.2, -0.15) is 0 Å². The molecule has 7 nitrogen and oxygen atoms in total. The van der Waals surface area contributed by atoms with E-state index >= 15 is 0 Å². The highest BCUT2D eigenvalue weighted by molar-refractivity contribution is 7.91. The van der Waals surface area contributed by atoms with Gasteiger partial charge in [0.1, 0.15) is 5.82 Å². The number of aromatic nitrogens is 1. The topological polar surface area (TPSA) is 96.4 Å². The van der Waals surface area contributed by atoms with Crippen LogP contribution in [-0.4, -0.2) is 37.5 Å². The standard InChI is InChI=1S/C19H21N3O4S/c1-13-5-8-20-18(11-13)21-19(24)7-10-27(25,26)16-3-4-17-15(12-16)6-9-22(17)14(2)23/h3-5,8,11-12H,6-7,9-10H2,1-2H3,(H,20,21,24). The van der Waals surface area contributed by atoms with E-state index < -0.39 is 15.7 Å². The fraction of sp³-hybridized carbons (Fsp3) is 0.316. The third kappa shape index (κ3) is 4.33. The van der Waals surface area contributed by atoms with Crippen molar-refractivity contribution >= 4 is 33.2 Å². The first-order valence-corrected chi connectivity index (χ1v) is 10.3. The Morgan fingerprint density at radius 3 is 2.70 bits per heavy atom. The van der Waals surface area contributed by atoms with Gasteiger partial charge in [-0.25, -0.2) is 13.4 Å². The molecule has 2 heterocycles. The van der Waals surface area contributed by atoms with E-state index in [0.29, 0.717) is 18.8 Å². The summed E-state index contributed by atoms with van der Waals surface area (Å²) in [5.41, 5.74) is 2.54. The van der Waals surface area contributed by atoms with E-state index in [0.717, 1.165) is 16.8 Å². The molecule has 0 bridgehead atoms. The van der Waals surface area contributed by atoms with Gasteiger partial charge >= 0.3 is 0 Å². The molecule has 0 saturated carbocycles. The van der Waals surface area contributed by atoms with Crippen molar-refractivity contribution in [3.05, 3.63) is 47.7 Å². The van der Waals surface area contributed by atoms with Gasteiger partial charge in [-0.15, -0.1) is 0 Å². The fourth-order valence-electron chi connectivity index (χ4n) is 3.05. The Balaban J connectivity index is 1.67. The number of sulfone groups is 1. The molecule has 142 valence electrons. The molecule has 0 atom stereocenters. The van der Waals surface area contributed by atoms with Gasteiger partial charge in [0.15, 0.2) is 9.84 Å². The molecule has 2 amide bonds. The summed E-state index contributed by atoms with van der Waals surface area (Å²) in [6.07, 6.45) is 2.04. The minimum absolute atomic E-state index is 0.0641. The minimum Gasteiger partial charge on any atom is -0.312 e. The lowest BCUT2D eigenvalue weighted by Crippen LogP contribution is -2.25. The molecule has 3 rings (SSSR count). The van der Waals surface area contributed by atoms with E-state index in [-0.39, 0.29) is 23.0 Å². The Kier molecular flexibility index (Phi) is 5.27. The molecule has 27 heavy (non-hydrogen) atoms. The van der Waals surface area contributed by atoms with Crippen LogP contribution < -0.4 is 10.2 Å². The maximum Gasteiger partial charge on any atom is 0.226 e. The van der Waals surface area contributed by atoms with Crippen molar-refractivity contribution in [1.29, 1.82) is 0 Å².